The van der Waals surface area contributed by atoms with E-state index in [1.165, 1.54) is 0 Å². The fourth-order valence-corrected chi connectivity index (χ4v) is 2.11. The van der Waals surface area contributed by atoms with E-state index in [1.807, 2.05) is 24.3 Å². The highest BCUT2D eigenvalue weighted by atomic mass is 35.5. The van der Waals surface area contributed by atoms with Gasteiger partial charge >= 0.3 is 5.97 Å². The van der Waals surface area contributed by atoms with Crippen LogP contribution in [-0.2, 0) is 9.53 Å². The predicted octanol–water partition coefficient (Wildman–Crippen LogP) is 3.69. The van der Waals surface area contributed by atoms with E-state index in [9.17, 15) is 4.79 Å². The number of cyclic esters (lactones) is 1. The first-order valence-electron chi connectivity index (χ1n) is 6.58. The molecule has 0 saturated carbocycles. The molecule has 0 atom stereocenters. The molecular formula is C17H12ClNO3. The van der Waals surface area contributed by atoms with Crippen LogP contribution in [0.4, 0.5) is 0 Å². The molecule has 1 aliphatic heterocycles. The van der Waals surface area contributed by atoms with Gasteiger partial charge in [0.05, 0.1) is 7.11 Å². The normalized spacial score (nSPS) is 15.6. The average Bonchev–Trinajstić information content (AvgIpc) is 2.90. The molecule has 22 heavy (non-hydrogen) atoms. The van der Waals surface area contributed by atoms with E-state index in [-0.39, 0.29) is 11.6 Å². The molecule has 1 heterocycles. The Bertz CT molecular complexity index is 761. The molecule has 110 valence electrons. The molecule has 0 saturated heterocycles. The van der Waals surface area contributed by atoms with Gasteiger partial charge in [0.1, 0.15) is 5.75 Å². The lowest BCUT2D eigenvalue weighted by atomic mass is 10.2. The Morgan fingerprint density at radius 1 is 1.09 bits per heavy atom. The van der Waals surface area contributed by atoms with E-state index in [4.69, 9.17) is 21.1 Å². The summed E-state index contributed by atoms with van der Waals surface area (Å²) in [7, 11) is 1.60. The van der Waals surface area contributed by atoms with Crippen molar-refractivity contribution in [3.8, 4) is 5.75 Å². The van der Waals surface area contributed by atoms with Crippen molar-refractivity contribution in [1.82, 2.24) is 0 Å². The number of benzene rings is 2. The second-order valence-electron chi connectivity index (χ2n) is 4.62. The minimum absolute atomic E-state index is 0.259. The first kappa shape index (κ1) is 14.4. The molecule has 3 rings (SSSR count). The topological polar surface area (TPSA) is 47.9 Å². The zero-order valence-corrected chi connectivity index (χ0v) is 12.5. The summed E-state index contributed by atoms with van der Waals surface area (Å²) in [6.45, 7) is 0. The van der Waals surface area contributed by atoms with Gasteiger partial charge in [0.2, 0.25) is 5.90 Å². The SMILES string of the molecule is COc1ccc(C=C2N=C(c3ccc(Cl)cc3)OC2=O)cc1. The Labute approximate surface area is 132 Å². The third-order valence-corrected chi connectivity index (χ3v) is 3.38. The van der Waals surface area contributed by atoms with Crippen LogP contribution < -0.4 is 4.74 Å². The van der Waals surface area contributed by atoms with Gasteiger partial charge in [0.25, 0.3) is 0 Å². The Kier molecular flexibility index (Phi) is 3.94. The van der Waals surface area contributed by atoms with Crippen molar-refractivity contribution in [3.63, 3.8) is 0 Å². The second kappa shape index (κ2) is 6.03. The van der Waals surface area contributed by atoms with E-state index in [0.29, 0.717) is 10.6 Å². The molecule has 0 amide bonds. The van der Waals surface area contributed by atoms with E-state index in [1.54, 1.807) is 37.5 Å². The van der Waals surface area contributed by atoms with E-state index in [2.05, 4.69) is 4.99 Å². The molecule has 0 aliphatic carbocycles. The zero-order valence-electron chi connectivity index (χ0n) is 11.7. The number of halogens is 1. The fourth-order valence-electron chi connectivity index (χ4n) is 1.98. The summed E-state index contributed by atoms with van der Waals surface area (Å²) in [4.78, 5) is 16.1. The Balaban J connectivity index is 1.88. The van der Waals surface area contributed by atoms with Crippen LogP contribution in [-0.4, -0.2) is 19.0 Å². The van der Waals surface area contributed by atoms with Gasteiger partial charge in [-0.3, -0.25) is 0 Å². The van der Waals surface area contributed by atoms with E-state index in [0.717, 1.165) is 11.3 Å². The van der Waals surface area contributed by atoms with Crippen molar-refractivity contribution in [3.05, 3.63) is 70.4 Å². The molecule has 0 bridgehead atoms. The van der Waals surface area contributed by atoms with Crippen molar-refractivity contribution in [2.45, 2.75) is 0 Å². The maximum atomic E-state index is 11.9. The second-order valence-corrected chi connectivity index (χ2v) is 5.05. The van der Waals surface area contributed by atoms with Crippen LogP contribution in [0.1, 0.15) is 11.1 Å². The van der Waals surface area contributed by atoms with Crippen LogP contribution in [0.15, 0.2) is 59.2 Å². The Morgan fingerprint density at radius 2 is 1.77 bits per heavy atom. The molecule has 4 nitrogen and oxygen atoms in total. The number of rotatable bonds is 3. The molecule has 0 radical (unpaired) electrons. The van der Waals surface area contributed by atoms with Gasteiger partial charge in [-0.25, -0.2) is 9.79 Å². The van der Waals surface area contributed by atoms with Crippen molar-refractivity contribution < 1.29 is 14.3 Å². The van der Waals surface area contributed by atoms with E-state index >= 15 is 0 Å². The number of aliphatic imine (C=N–C) groups is 1. The van der Waals surface area contributed by atoms with E-state index < -0.39 is 5.97 Å². The number of methoxy groups -OCH3 is 1. The predicted molar refractivity (Wildman–Crippen MR) is 85.1 cm³/mol. The smallest absolute Gasteiger partial charge is 0.363 e. The molecule has 0 fully saturated rings. The fraction of sp³-hybridized carbons (Fsp3) is 0.0588. The third kappa shape index (κ3) is 3.02. The summed E-state index contributed by atoms with van der Waals surface area (Å²) in [6.07, 6.45) is 1.67. The lowest BCUT2D eigenvalue weighted by molar-refractivity contribution is -0.129. The van der Waals surface area contributed by atoms with Gasteiger partial charge in [-0.15, -0.1) is 0 Å². The van der Waals surface area contributed by atoms with Crippen LogP contribution in [0, 0.1) is 0 Å². The quantitative estimate of drug-likeness (QED) is 0.641. The number of esters is 1. The standard InChI is InChI=1S/C17H12ClNO3/c1-21-14-8-2-11(3-9-14)10-15-17(20)22-16(19-15)12-4-6-13(18)7-5-12/h2-10H,1H3. The number of carbonyl (C=O) groups excluding carboxylic acids is 1. The number of nitrogens with zero attached hydrogens (tertiary/aromatic N) is 1. The number of hydrogen-bond donors (Lipinski definition) is 0. The first-order valence-corrected chi connectivity index (χ1v) is 6.96. The van der Waals surface area contributed by atoms with Gasteiger partial charge in [-0.1, -0.05) is 23.7 Å². The molecule has 0 spiro atoms. The molecule has 1 aliphatic rings. The summed E-state index contributed by atoms with van der Waals surface area (Å²) >= 11 is 5.84. The minimum Gasteiger partial charge on any atom is -0.497 e. The molecule has 0 unspecified atom stereocenters. The molecule has 2 aromatic rings. The van der Waals surface area contributed by atoms with Gasteiger partial charge in [-0.05, 0) is 48.0 Å². The highest BCUT2D eigenvalue weighted by Crippen LogP contribution is 2.21. The number of carbonyl (C=O) groups is 1. The third-order valence-electron chi connectivity index (χ3n) is 3.13. The summed E-state index contributed by atoms with van der Waals surface area (Å²) in [5.41, 5.74) is 1.81. The van der Waals surface area contributed by atoms with Crippen LogP contribution in [0.25, 0.3) is 6.08 Å². The van der Waals surface area contributed by atoms with Crippen molar-refractivity contribution in [2.75, 3.05) is 7.11 Å². The molecule has 5 heteroatoms. The summed E-state index contributed by atoms with van der Waals surface area (Å²) in [6, 6.07) is 14.3. The molecule has 2 aromatic carbocycles. The van der Waals surface area contributed by atoms with Crippen LogP contribution in [0.2, 0.25) is 5.02 Å². The largest absolute Gasteiger partial charge is 0.497 e. The summed E-state index contributed by atoms with van der Waals surface area (Å²) in [5, 5.41) is 0.614. The maximum Gasteiger partial charge on any atom is 0.363 e. The van der Waals surface area contributed by atoms with Crippen molar-refractivity contribution >= 4 is 29.5 Å². The zero-order chi connectivity index (χ0) is 15.5. The molecule has 0 aromatic heterocycles. The number of ether oxygens (including phenoxy) is 2. The van der Waals surface area contributed by atoms with Crippen LogP contribution in [0.5, 0.6) is 5.75 Å². The first-order chi connectivity index (χ1) is 10.7. The van der Waals surface area contributed by atoms with Gasteiger partial charge in [0, 0.05) is 10.6 Å². The lowest BCUT2D eigenvalue weighted by Gasteiger charge is -1.99. The lowest BCUT2D eigenvalue weighted by Crippen LogP contribution is -2.05. The summed E-state index contributed by atoms with van der Waals surface area (Å²) < 4.78 is 10.3. The monoisotopic (exact) mass is 313 g/mol. The van der Waals surface area contributed by atoms with Gasteiger partial charge in [0.15, 0.2) is 5.70 Å². The molecule has 0 N–H and O–H groups in total. The van der Waals surface area contributed by atoms with Crippen molar-refractivity contribution in [1.29, 1.82) is 0 Å². The van der Waals surface area contributed by atoms with Crippen LogP contribution >= 0.6 is 11.6 Å². The highest BCUT2D eigenvalue weighted by Gasteiger charge is 2.23. The summed E-state index contributed by atoms with van der Waals surface area (Å²) in [5.74, 6) is 0.559. The van der Waals surface area contributed by atoms with Gasteiger partial charge < -0.3 is 9.47 Å². The highest BCUT2D eigenvalue weighted by molar-refractivity contribution is 6.30. The maximum absolute atomic E-state index is 11.9. The molecular weight excluding hydrogens is 302 g/mol. The van der Waals surface area contributed by atoms with Gasteiger partial charge in [-0.2, -0.15) is 0 Å². The Morgan fingerprint density at radius 3 is 2.41 bits per heavy atom. The number of hydrogen-bond acceptors (Lipinski definition) is 4. The minimum atomic E-state index is -0.472. The average molecular weight is 314 g/mol. The van der Waals surface area contributed by atoms with Crippen LogP contribution in [0.3, 0.4) is 0 Å². The van der Waals surface area contributed by atoms with Crippen molar-refractivity contribution in [2.24, 2.45) is 4.99 Å². The Hall–Kier alpha value is -2.59.